The van der Waals surface area contributed by atoms with Gasteiger partial charge in [0.15, 0.2) is 11.5 Å². The summed E-state index contributed by atoms with van der Waals surface area (Å²) in [6.07, 6.45) is 6.41. The molecule has 2 aromatic carbocycles. The highest BCUT2D eigenvalue weighted by Crippen LogP contribution is 2.41. The number of hydrogen-bond acceptors (Lipinski definition) is 9. The molecule has 0 aliphatic carbocycles. The number of carbonyl (C=O) groups is 2. The number of benzene rings is 2. The van der Waals surface area contributed by atoms with Gasteiger partial charge in [0.25, 0.3) is 0 Å². The number of pyridine rings is 1. The monoisotopic (exact) mass is 728 g/mol. The lowest BCUT2D eigenvalue weighted by Crippen LogP contribution is -2.35. The molecule has 3 N–H and O–H groups in total. The zero-order chi connectivity index (χ0) is 34.9. The van der Waals surface area contributed by atoms with Crippen molar-refractivity contribution in [3.8, 4) is 11.5 Å². The fourth-order valence-corrected chi connectivity index (χ4v) is 7.73. The molecule has 1 fully saturated rings. The van der Waals surface area contributed by atoms with Crippen LogP contribution >= 0.6 is 34.5 Å². The second-order valence-electron chi connectivity index (χ2n) is 11.8. The molecule has 4 aromatic rings. The number of aromatic carboxylic acids is 1. The number of aromatic nitrogens is 1. The Balaban J connectivity index is 1.45. The Morgan fingerprint density at radius 1 is 0.959 bits per heavy atom. The van der Waals surface area contributed by atoms with Crippen molar-refractivity contribution in [2.75, 3.05) is 40.5 Å². The third-order valence-electron chi connectivity index (χ3n) is 8.62. The number of carboxylic acid groups (broad SMARTS) is 1. The molecule has 10 nitrogen and oxygen atoms in total. The zero-order valence-electron chi connectivity index (χ0n) is 27.4. The molecular weight excluding hydrogens is 689 g/mol. The van der Waals surface area contributed by atoms with E-state index in [4.69, 9.17) is 37.4 Å². The topological polar surface area (TPSA) is 121 Å². The first-order valence-corrected chi connectivity index (χ1v) is 17.6. The molecule has 3 heterocycles. The lowest BCUT2D eigenvalue weighted by Gasteiger charge is -2.26. The average Bonchev–Trinajstić information content (AvgIpc) is 3.53. The number of halogens is 2. The van der Waals surface area contributed by atoms with E-state index in [0.717, 1.165) is 53.1 Å². The SMILES string of the molecule is COc1ccc([C@H](Cc2c(Cl)c[n+](O)cc2Cl)c2cc(CNC(C(=O)OCCN3CCCCC3)c3ccccc3)sc2C(=O)O)cc1OC. The van der Waals surface area contributed by atoms with Crippen molar-refractivity contribution in [1.82, 2.24) is 10.2 Å². The molecule has 0 bridgehead atoms. The molecule has 2 atom stereocenters. The number of carbonyl (C=O) groups excluding carboxylic acids is 1. The summed E-state index contributed by atoms with van der Waals surface area (Å²) in [5, 5.41) is 24.1. The minimum Gasteiger partial charge on any atom is -0.493 e. The molecule has 5 rings (SSSR count). The molecule has 260 valence electrons. The molecule has 1 aliphatic heterocycles. The number of thiophene rings is 1. The van der Waals surface area contributed by atoms with Crippen LogP contribution in [0.25, 0.3) is 0 Å². The van der Waals surface area contributed by atoms with E-state index in [1.165, 1.54) is 33.0 Å². The number of ether oxygens (including phenoxy) is 3. The maximum atomic E-state index is 13.4. The number of piperidine rings is 1. The van der Waals surface area contributed by atoms with E-state index in [1.807, 2.05) is 42.5 Å². The van der Waals surface area contributed by atoms with Gasteiger partial charge in [-0.1, -0.05) is 66.0 Å². The van der Waals surface area contributed by atoms with Gasteiger partial charge in [-0.05, 0) is 67.2 Å². The van der Waals surface area contributed by atoms with E-state index >= 15 is 0 Å². The van der Waals surface area contributed by atoms with Crippen LogP contribution in [0, 0.1) is 0 Å². The van der Waals surface area contributed by atoms with E-state index < -0.39 is 23.9 Å². The molecular formula is C36H40Cl2N3O7S+. The lowest BCUT2D eigenvalue weighted by molar-refractivity contribution is -0.904. The van der Waals surface area contributed by atoms with Gasteiger partial charge in [0.1, 0.15) is 27.6 Å². The van der Waals surface area contributed by atoms with Gasteiger partial charge in [-0.3, -0.25) is 15.4 Å². The summed E-state index contributed by atoms with van der Waals surface area (Å²) in [5.41, 5.74) is 2.56. The quantitative estimate of drug-likeness (QED) is 0.0713. The van der Waals surface area contributed by atoms with Crippen LogP contribution in [-0.2, 0) is 22.5 Å². The van der Waals surface area contributed by atoms with Gasteiger partial charge in [0.2, 0.25) is 12.4 Å². The Morgan fingerprint density at radius 3 is 2.31 bits per heavy atom. The minimum atomic E-state index is -1.09. The van der Waals surface area contributed by atoms with Gasteiger partial charge >= 0.3 is 11.9 Å². The highest BCUT2D eigenvalue weighted by atomic mass is 35.5. The average molecular weight is 730 g/mol. The molecule has 0 saturated carbocycles. The Bertz CT molecular complexity index is 1720. The Morgan fingerprint density at radius 2 is 1.65 bits per heavy atom. The fourth-order valence-electron chi connectivity index (χ4n) is 6.11. The number of carboxylic acids is 1. The number of hydrogen-bond donors (Lipinski definition) is 3. The number of nitrogens with zero attached hydrogens (tertiary/aromatic N) is 2. The van der Waals surface area contributed by atoms with E-state index in [9.17, 15) is 19.9 Å². The second-order valence-corrected chi connectivity index (χ2v) is 13.7. The predicted octanol–water partition coefficient (Wildman–Crippen LogP) is 6.53. The normalized spacial score (nSPS) is 14.6. The van der Waals surface area contributed by atoms with Crippen molar-refractivity contribution in [3.63, 3.8) is 0 Å². The molecule has 1 saturated heterocycles. The predicted molar refractivity (Wildman–Crippen MR) is 187 cm³/mol. The van der Waals surface area contributed by atoms with Crippen LogP contribution in [0.5, 0.6) is 11.5 Å². The largest absolute Gasteiger partial charge is 0.493 e. The van der Waals surface area contributed by atoms with E-state index in [2.05, 4.69) is 10.2 Å². The van der Waals surface area contributed by atoms with Crippen LogP contribution in [0.4, 0.5) is 0 Å². The van der Waals surface area contributed by atoms with Crippen molar-refractivity contribution < 1.29 is 38.8 Å². The Hall–Kier alpha value is -3.87. The molecule has 1 aliphatic rings. The third kappa shape index (κ3) is 9.23. The van der Waals surface area contributed by atoms with Crippen molar-refractivity contribution in [1.29, 1.82) is 0 Å². The first-order valence-electron chi connectivity index (χ1n) is 16.0. The van der Waals surface area contributed by atoms with Gasteiger partial charge < -0.3 is 19.3 Å². The molecule has 13 heteroatoms. The Kier molecular flexibility index (Phi) is 12.8. The maximum Gasteiger partial charge on any atom is 0.346 e. The molecule has 0 radical (unpaired) electrons. The number of nitrogens with one attached hydrogen (secondary N) is 1. The molecule has 49 heavy (non-hydrogen) atoms. The van der Waals surface area contributed by atoms with E-state index in [0.29, 0.717) is 40.7 Å². The molecule has 1 unspecified atom stereocenters. The summed E-state index contributed by atoms with van der Waals surface area (Å²) in [4.78, 5) is 29.3. The van der Waals surface area contributed by atoms with Crippen LogP contribution in [0.3, 0.4) is 0 Å². The Labute approximate surface area is 299 Å². The molecule has 2 aromatic heterocycles. The van der Waals surface area contributed by atoms with Crippen molar-refractivity contribution >= 4 is 46.5 Å². The van der Waals surface area contributed by atoms with Gasteiger partial charge in [0.05, 0.1) is 14.2 Å². The minimum absolute atomic E-state index is 0.136. The van der Waals surface area contributed by atoms with E-state index in [-0.39, 0.29) is 27.9 Å². The number of likely N-dealkylation sites (tertiary alicyclic amines) is 1. The second kappa shape index (κ2) is 17.2. The lowest BCUT2D eigenvalue weighted by atomic mass is 9.85. The van der Waals surface area contributed by atoms with Crippen molar-refractivity contribution in [2.45, 2.75) is 44.2 Å². The number of esters is 1. The standard InChI is InChI=1S/C36H39Cl2N3O7S/c1-46-31-12-11-24(17-32(31)47-2)26(19-28-29(37)21-41(45)22-30(28)38)27-18-25(49-34(27)35(42)43)20-39-33(23-9-5-3-6-10-23)36(44)48-16-15-40-13-7-4-8-14-40/h3,5-6,9-12,17-18,21-22,26,33,39H,4,7-8,13-16,19-20H2,1-2H3,(H-,42,43,45)/p+1/t26-,33?/m0/s1. The van der Waals surface area contributed by atoms with Crippen LogP contribution < -0.4 is 19.5 Å². The van der Waals surface area contributed by atoms with Crippen LogP contribution in [0.2, 0.25) is 10.0 Å². The summed E-state index contributed by atoms with van der Waals surface area (Å²) >= 11 is 14.2. The van der Waals surface area contributed by atoms with Crippen LogP contribution in [0.1, 0.15) is 68.0 Å². The number of rotatable bonds is 15. The van der Waals surface area contributed by atoms with Crippen molar-refractivity contribution in [3.05, 3.63) is 109 Å². The summed E-state index contributed by atoms with van der Waals surface area (Å²) in [6, 6.07) is 15.8. The molecule has 0 spiro atoms. The molecule has 0 amide bonds. The highest BCUT2D eigenvalue weighted by Gasteiger charge is 2.29. The van der Waals surface area contributed by atoms with E-state index in [1.54, 1.807) is 12.1 Å². The third-order valence-corrected chi connectivity index (χ3v) is 10.4. The summed E-state index contributed by atoms with van der Waals surface area (Å²) in [7, 11) is 3.07. The zero-order valence-corrected chi connectivity index (χ0v) is 29.7. The van der Waals surface area contributed by atoms with Gasteiger partial charge in [-0.2, -0.15) is 0 Å². The first-order chi connectivity index (χ1) is 23.7. The summed E-state index contributed by atoms with van der Waals surface area (Å²) in [6.45, 7) is 3.22. The van der Waals surface area contributed by atoms with Crippen LogP contribution in [0.15, 0.2) is 67.0 Å². The summed E-state index contributed by atoms with van der Waals surface area (Å²) < 4.78 is 17.5. The first kappa shape index (κ1) is 36.4. The van der Waals surface area contributed by atoms with Crippen LogP contribution in [-0.4, -0.2) is 67.6 Å². The van der Waals surface area contributed by atoms with Gasteiger partial charge in [0, 0.05) is 34.2 Å². The van der Waals surface area contributed by atoms with Gasteiger partial charge in [-0.15, -0.1) is 11.3 Å². The smallest absolute Gasteiger partial charge is 0.346 e. The maximum absolute atomic E-state index is 13.4. The fraction of sp³-hybridized carbons (Fsp3) is 0.361. The van der Waals surface area contributed by atoms with Crippen molar-refractivity contribution in [2.24, 2.45) is 0 Å². The van der Waals surface area contributed by atoms with Gasteiger partial charge in [-0.25, -0.2) is 9.59 Å². The highest BCUT2D eigenvalue weighted by molar-refractivity contribution is 7.14. The number of methoxy groups -OCH3 is 2. The summed E-state index contributed by atoms with van der Waals surface area (Å²) in [5.74, 6) is -1.03.